The van der Waals surface area contributed by atoms with Crippen LogP contribution >= 0.6 is 11.8 Å². The first kappa shape index (κ1) is 17.3. The largest absolute Gasteiger partial charge is 0.475 e. The molecule has 3 atom stereocenters. The molecule has 0 amide bonds. The van der Waals surface area contributed by atoms with Crippen LogP contribution in [0.25, 0.3) is 0 Å². The number of halogens is 1. The van der Waals surface area contributed by atoms with Crippen molar-refractivity contribution in [1.29, 1.82) is 0 Å². The van der Waals surface area contributed by atoms with Crippen LogP contribution in [0.1, 0.15) is 12.0 Å². The van der Waals surface area contributed by atoms with Gasteiger partial charge in [-0.1, -0.05) is 36.0 Å². The highest BCUT2D eigenvalue weighted by molar-refractivity contribution is 8.13. The van der Waals surface area contributed by atoms with Gasteiger partial charge in [-0.25, -0.2) is 14.4 Å². The van der Waals surface area contributed by atoms with Crippen molar-refractivity contribution < 1.29 is 13.9 Å². The van der Waals surface area contributed by atoms with E-state index in [4.69, 9.17) is 15.2 Å². The first-order chi connectivity index (χ1) is 12.7. The molecule has 0 bridgehead atoms. The number of aromatic nitrogens is 1. The molecule has 0 saturated carbocycles. The lowest BCUT2D eigenvalue weighted by Crippen LogP contribution is -2.51. The normalized spacial score (nSPS) is 28.1. The van der Waals surface area contributed by atoms with E-state index in [9.17, 15) is 4.39 Å². The number of amidine groups is 1. The van der Waals surface area contributed by atoms with E-state index in [0.717, 1.165) is 12.2 Å². The van der Waals surface area contributed by atoms with Crippen LogP contribution in [0.3, 0.4) is 0 Å². The zero-order chi connectivity index (χ0) is 18.0. The number of rotatable bonds is 4. The molecule has 1 saturated heterocycles. The van der Waals surface area contributed by atoms with Crippen molar-refractivity contribution in [2.75, 3.05) is 19.0 Å². The highest BCUT2D eigenvalue weighted by Crippen LogP contribution is 2.46. The lowest BCUT2D eigenvalue weighted by Gasteiger charge is -2.46. The van der Waals surface area contributed by atoms with Crippen molar-refractivity contribution in [3.63, 3.8) is 0 Å². The second kappa shape index (κ2) is 7.25. The molecule has 0 radical (unpaired) electrons. The van der Waals surface area contributed by atoms with Gasteiger partial charge in [0.15, 0.2) is 5.17 Å². The van der Waals surface area contributed by atoms with Gasteiger partial charge in [-0.05, 0) is 18.6 Å². The molecule has 2 aromatic rings. The molecule has 2 aliphatic heterocycles. The Morgan fingerprint density at radius 2 is 2.12 bits per heavy atom. The van der Waals surface area contributed by atoms with Gasteiger partial charge in [0, 0.05) is 29.5 Å². The molecule has 5 nitrogen and oxygen atoms in total. The van der Waals surface area contributed by atoms with Gasteiger partial charge in [-0.3, -0.25) is 0 Å². The van der Waals surface area contributed by atoms with E-state index < -0.39 is 5.54 Å². The predicted octanol–water partition coefficient (Wildman–Crippen LogP) is 2.96. The Labute approximate surface area is 155 Å². The fourth-order valence-electron chi connectivity index (χ4n) is 3.58. The van der Waals surface area contributed by atoms with Gasteiger partial charge in [-0.2, -0.15) is 0 Å². The second-order valence-electron chi connectivity index (χ2n) is 6.51. The van der Waals surface area contributed by atoms with Crippen molar-refractivity contribution in [1.82, 2.24) is 4.98 Å². The van der Waals surface area contributed by atoms with Gasteiger partial charge in [0.1, 0.15) is 18.0 Å². The van der Waals surface area contributed by atoms with Crippen molar-refractivity contribution >= 4 is 16.9 Å². The van der Waals surface area contributed by atoms with Crippen LogP contribution in [-0.2, 0) is 10.3 Å². The number of hydrogen-bond acceptors (Lipinski definition) is 6. The molecule has 0 unspecified atom stereocenters. The standard InChI is InChI=1S/C19H20FN3O2S/c20-16-6-2-1-5-15(16)19-12-25-14(9-13(19)11-26-18(21)23-19)10-24-17-7-3-4-8-22-17/h1-8,13-14H,9-12H2,(H2,21,23)/t13-,14+,19-/m0/s1. The van der Waals surface area contributed by atoms with E-state index in [1.807, 2.05) is 24.3 Å². The molecule has 136 valence electrons. The molecule has 26 heavy (non-hydrogen) atoms. The number of pyridine rings is 1. The summed E-state index contributed by atoms with van der Waals surface area (Å²) in [5.41, 5.74) is 5.78. The van der Waals surface area contributed by atoms with E-state index in [2.05, 4.69) is 9.98 Å². The zero-order valence-corrected chi connectivity index (χ0v) is 15.0. The average molecular weight is 373 g/mol. The molecule has 0 aliphatic carbocycles. The van der Waals surface area contributed by atoms with Crippen LogP contribution in [0.4, 0.5) is 4.39 Å². The summed E-state index contributed by atoms with van der Waals surface area (Å²) in [5, 5.41) is 0.483. The van der Waals surface area contributed by atoms with Gasteiger partial charge in [-0.15, -0.1) is 0 Å². The van der Waals surface area contributed by atoms with Crippen molar-refractivity contribution in [3.05, 3.63) is 60.0 Å². The SMILES string of the molecule is NC1=N[C@@]2(c3ccccc3F)CO[C@@H](COc3ccccn3)C[C@H]2CS1. The average Bonchev–Trinajstić information content (AvgIpc) is 2.67. The van der Waals surface area contributed by atoms with Crippen LogP contribution in [0.5, 0.6) is 5.88 Å². The second-order valence-corrected chi connectivity index (χ2v) is 7.55. The summed E-state index contributed by atoms with van der Waals surface area (Å²) < 4.78 is 26.3. The third-order valence-corrected chi connectivity index (χ3v) is 5.86. The molecule has 2 N–H and O–H groups in total. The summed E-state index contributed by atoms with van der Waals surface area (Å²) in [7, 11) is 0. The Balaban J connectivity index is 1.54. The topological polar surface area (TPSA) is 69.7 Å². The Bertz CT molecular complexity index is 804. The number of nitrogens with two attached hydrogens (primary N) is 1. The van der Waals surface area contributed by atoms with Gasteiger partial charge in [0.05, 0.1) is 12.7 Å². The van der Waals surface area contributed by atoms with E-state index in [0.29, 0.717) is 23.2 Å². The fraction of sp³-hybridized carbons (Fsp3) is 0.368. The Morgan fingerprint density at radius 1 is 1.27 bits per heavy atom. The number of hydrogen-bond donors (Lipinski definition) is 1. The molecule has 1 aromatic carbocycles. The summed E-state index contributed by atoms with van der Waals surface area (Å²) >= 11 is 1.52. The summed E-state index contributed by atoms with van der Waals surface area (Å²) in [6, 6.07) is 12.3. The third kappa shape index (κ3) is 3.29. The molecule has 1 fully saturated rings. The van der Waals surface area contributed by atoms with Crippen LogP contribution in [0, 0.1) is 11.7 Å². The van der Waals surface area contributed by atoms with Gasteiger partial charge < -0.3 is 15.2 Å². The lowest BCUT2D eigenvalue weighted by atomic mass is 9.75. The van der Waals surface area contributed by atoms with Crippen LogP contribution < -0.4 is 10.5 Å². The summed E-state index contributed by atoms with van der Waals surface area (Å²) in [5.74, 6) is 1.21. The lowest BCUT2D eigenvalue weighted by molar-refractivity contribution is -0.0735. The number of thioether (sulfide) groups is 1. The molecule has 2 aliphatic rings. The summed E-state index contributed by atoms with van der Waals surface area (Å²) in [4.78, 5) is 8.82. The molecular weight excluding hydrogens is 353 g/mol. The first-order valence-corrected chi connectivity index (χ1v) is 9.54. The van der Waals surface area contributed by atoms with Crippen LogP contribution in [-0.4, -0.2) is 35.2 Å². The minimum absolute atomic E-state index is 0.0861. The maximum absolute atomic E-state index is 14.5. The summed E-state index contributed by atoms with van der Waals surface area (Å²) in [6.07, 6.45) is 2.33. The molecule has 0 spiro atoms. The van der Waals surface area contributed by atoms with Crippen molar-refractivity contribution in [2.45, 2.75) is 18.1 Å². The maximum atomic E-state index is 14.5. The molecule has 4 rings (SSSR count). The van der Waals surface area contributed by atoms with Crippen molar-refractivity contribution in [2.24, 2.45) is 16.6 Å². The highest BCUT2D eigenvalue weighted by Gasteiger charge is 2.49. The number of nitrogens with zero attached hydrogens (tertiary/aromatic N) is 2. The Morgan fingerprint density at radius 3 is 2.92 bits per heavy atom. The van der Waals surface area contributed by atoms with Gasteiger partial charge >= 0.3 is 0 Å². The zero-order valence-electron chi connectivity index (χ0n) is 14.2. The number of benzene rings is 1. The van der Waals surface area contributed by atoms with Crippen LogP contribution in [0.15, 0.2) is 53.7 Å². The van der Waals surface area contributed by atoms with E-state index >= 15 is 0 Å². The number of fused-ring (bicyclic) bond motifs is 1. The van der Waals surface area contributed by atoms with Crippen molar-refractivity contribution in [3.8, 4) is 5.88 Å². The molecule has 7 heteroatoms. The first-order valence-electron chi connectivity index (χ1n) is 8.56. The fourth-order valence-corrected chi connectivity index (χ4v) is 4.60. The van der Waals surface area contributed by atoms with Crippen LogP contribution in [0.2, 0.25) is 0 Å². The van der Waals surface area contributed by atoms with E-state index in [1.165, 1.54) is 17.8 Å². The summed E-state index contributed by atoms with van der Waals surface area (Å²) in [6.45, 7) is 0.695. The minimum Gasteiger partial charge on any atom is -0.475 e. The monoisotopic (exact) mass is 373 g/mol. The van der Waals surface area contributed by atoms with E-state index in [-0.39, 0.29) is 24.4 Å². The predicted molar refractivity (Wildman–Crippen MR) is 99.7 cm³/mol. The highest BCUT2D eigenvalue weighted by atomic mass is 32.2. The maximum Gasteiger partial charge on any atom is 0.213 e. The molecule has 1 aromatic heterocycles. The minimum atomic E-state index is -0.762. The molecule has 3 heterocycles. The Kier molecular flexibility index (Phi) is 4.82. The van der Waals surface area contributed by atoms with Gasteiger partial charge in [0.25, 0.3) is 0 Å². The Hall–Kier alpha value is -2.12. The number of aliphatic imine (C=N–C) groups is 1. The van der Waals surface area contributed by atoms with E-state index in [1.54, 1.807) is 18.3 Å². The van der Waals surface area contributed by atoms with Gasteiger partial charge in [0.2, 0.25) is 5.88 Å². The third-order valence-electron chi connectivity index (χ3n) is 4.90. The quantitative estimate of drug-likeness (QED) is 0.892. The smallest absolute Gasteiger partial charge is 0.213 e. The number of ether oxygens (including phenoxy) is 2. The molecular formula is C19H20FN3O2S.